The highest BCUT2D eigenvalue weighted by molar-refractivity contribution is 5.76. The van der Waals surface area contributed by atoms with Crippen LogP contribution in [0.25, 0.3) is 5.52 Å². The minimum atomic E-state index is -0.257. The molecular formula is C17H18N6O2. The Balaban J connectivity index is 1.42. The van der Waals surface area contributed by atoms with Crippen LogP contribution in [0.1, 0.15) is 0 Å². The van der Waals surface area contributed by atoms with Crippen LogP contribution < -0.4 is 10.5 Å². The normalized spacial score (nSPS) is 14.9. The van der Waals surface area contributed by atoms with Crippen LogP contribution in [-0.4, -0.2) is 56.2 Å². The van der Waals surface area contributed by atoms with E-state index in [1.54, 1.807) is 40.2 Å². The van der Waals surface area contributed by atoms with E-state index in [0.717, 1.165) is 18.9 Å². The number of nitrogens with zero attached hydrogens (tertiary/aromatic N) is 6. The van der Waals surface area contributed by atoms with Gasteiger partial charge in [0, 0.05) is 38.6 Å². The van der Waals surface area contributed by atoms with Crippen LogP contribution in [-0.2, 0) is 11.3 Å². The van der Waals surface area contributed by atoms with Crippen LogP contribution in [0.3, 0.4) is 0 Å². The molecular weight excluding hydrogens is 320 g/mol. The van der Waals surface area contributed by atoms with Gasteiger partial charge in [-0.25, -0.2) is 9.67 Å². The average Bonchev–Trinajstić information content (AvgIpc) is 3.14. The standard InChI is InChI=1S/C17H18N6O2/c24-16(12-23-17(25)14-4-3-7-22(14)13-19-23)21-10-8-20(9-11-21)15-5-1-2-6-18-15/h1-7,13H,8-12H2. The first kappa shape index (κ1) is 15.4. The second kappa shape index (κ2) is 6.39. The molecule has 8 heteroatoms. The molecule has 25 heavy (non-hydrogen) atoms. The van der Waals surface area contributed by atoms with Crippen molar-refractivity contribution in [2.24, 2.45) is 0 Å². The summed E-state index contributed by atoms with van der Waals surface area (Å²) in [4.78, 5) is 33.1. The highest BCUT2D eigenvalue weighted by Gasteiger charge is 2.22. The number of rotatable bonds is 3. The lowest BCUT2D eigenvalue weighted by atomic mass is 10.3. The molecule has 0 saturated carbocycles. The molecule has 0 aliphatic carbocycles. The van der Waals surface area contributed by atoms with Crippen LogP contribution in [0, 0.1) is 0 Å². The minimum Gasteiger partial charge on any atom is -0.353 e. The molecule has 1 aliphatic heterocycles. The number of carbonyl (C=O) groups is 1. The van der Waals surface area contributed by atoms with E-state index in [1.807, 2.05) is 18.2 Å². The van der Waals surface area contributed by atoms with Gasteiger partial charge in [0.1, 0.15) is 24.2 Å². The molecule has 0 bridgehead atoms. The van der Waals surface area contributed by atoms with Gasteiger partial charge in [0.2, 0.25) is 5.91 Å². The van der Waals surface area contributed by atoms with Crippen LogP contribution in [0.2, 0.25) is 0 Å². The molecule has 4 heterocycles. The lowest BCUT2D eigenvalue weighted by Gasteiger charge is -2.35. The summed E-state index contributed by atoms with van der Waals surface area (Å²) in [5, 5.41) is 4.08. The Kier molecular flexibility index (Phi) is 3.93. The topological polar surface area (TPSA) is 75.7 Å². The maximum atomic E-state index is 12.5. The van der Waals surface area contributed by atoms with Crippen molar-refractivity contribution in [1.29, 1.82) is 0 Å². The van der Waals surface area contributed by atoms with Crippen molar-refractivity contribution in [2.45, 2.75) is 6.54 Å². The second-order valence-corrected chi connectivity index (χ2v) is 5.95. The van der Waals surface area contributed by atoms with Crippen molar-refractivity contribution in [1.82, 2.24) is 24.1 Å². The number of anilines is 1. The number of hydrogen-bond acceptors (Lipinski definition) is 5. The summed E-state index contributed by atoms with van der Waals surface area (Å²) < 4.78 is 2.87. The van der Waals surface area contributed by atoms with E-state index < -0.39 is 0 Å². The molecule has 0 radical (unpaired) electrons. The average molecular weight is 338 g/mol. The molecule has 0 spiro atoms. The van der Waals surface area contributed by atoms with E-state index in [9.17, 15) is 9.59 Å². The van der Waals surface area contributed by atoms with E-state index >= 15 is 0 Å². The monoisotopic (exact) mass is 338 g/mol. The van der Waals surface area contributed by atoms with Gasteiger partial charge in [0.25, 0.3) is 5.56 Å². The third-order valence-corrected chi connectivity index (χ3v) is 4.44. The van der Waals surface area contributed by atoms with Crippen LogP contribution in [0.4, 0.5) is 5.82 Å². The highest BCUT2D eigenvalue weighted by Crippen LogP contribution is 2.12. The first-order valence-electron chi connectivity index (χ1n) is 8.19. The Labute approximate surface area is 143 Å². The third-order valence-electron chi connectivity index (χ3n) is 4.44. The first-order chi connectivity index (χ1) is 12.2. The minimum absolute atomic E-state index is 0.0376. The third kappa shape index (κ3) is 2.98. The van der Waals surface area contributed by atoms with Crippen LogP contribution in [0.5, 0.6) is 0 Å². The van der Waals surface area contributed by atoms with Crippen molar-refractivity contribution < 1.29 is 4.79 Å². The molecule has 0 unspecified atom stereocenters. The number of amides is 1. The Bertz CT molecular complexity index is 940. The quantitative estimate of drug-likeness (QED) is 0.684. The van der Waals surface area contributed by atoms with E-state index in [1.165, 1.54) is 4.68 Å². The van der Waals surface area contributed by atoms with Gasteiger partial charge in [-0.3, -0.25) is 9.59 Å². The SMILES string of the molecule is O=C(Cn1ncn2cccc2c1=O)N1CCN(c2ccccn2)CC1. The number of pyridine rings is 1. The Hall–Kier alpha value is -3.16. The zero-order chi connectivity index (χ0) is 17.2. The zero-order valence-electron chi connectivity index (χ0n) is 13.7. The lowest BCUT2D eigenvalue weighted by Crippen LogP contribution is -2.50. The maximum absolute atomic E-state index is 12.5. The van der Waals surface area contributed by atoms with Crippen molar-refractivity contribution in [3.8, 4) is 0 Å². The molecule has 3 aromatic heterocycles. The summed E-state index contributed by atoms with van der Waals surface area (Å²) >= 11 is 0. The van der Waals surface area contributed by atoms with Gasteiger partial charge in [-0.15, -0.1) is 0 Å². The summed E-state index contributed by atoms with van der Waals surface area (Å²) in [6, 6.07) is 9.30. The summed E-state index contributed by atoms with van der Waals surface area (Å²) in [5.74, 6) is 0.831. The van der Waals surface area contributed by atoms with Gasteiger partial charge in [-0.1, -0.05) is 6.07 Å². The van der Waals surface area contributed by atoms with Gasteiger partial charge in [-0.05, 0) is 24.3 Å². The van der Waals surface area contributed by atoms with E-state index in [-0.39, 0.29) is 18.0 Å². The van der Waals surface area contributed by atoms with Crippen molar-refractivity contribution in [2.75, 3.05) is 31.1 Å². The Morgan fingerprint density at radius 3 is 2.68 bits per heavy atom. The molecule has 1 saturated heterocycles. The molecule has 4 rings (SSSR count). The summed E-state index contributed by atoms with van der Waals surface area (Å²) in [5.41, 5.74) is 0.260. The fraction of sp³-hybridized carbons (Fsp3) is 0.294. The number of hydrogen-bond donors (Lipinski definition) is 0. The molecule has 1 amide bonds. The first-order valence-corrected chi connectivity index (χ1v) is 8.19. The molecule has 0 atom stereocenters. The largest absolute Gasteiger partial charge is 0.353 e. The van der Waals surface area contributed by atoms with Gasteiger partial charge >= 0.3 is 0 Å². The smallest absolute Gasteiger partial charge is 0.291 e. The number of piperazine rings is 1. The molecule has 0 aromatic carbocycles. The number of carbonyl (C=O) groups excluding carboxylic acids is 1. The van der Waals surface area contributed by atoms with Crippen LogP contribution in [0.15, 0.2) is 53.8 Å². The van der Waals surface area contributed by atoms with Crippen molar-refractivity contribution in [3.63, 3.8) is 0 Å². The molecule has 3 aromatic rings. The Morgan fingerprint density at radius 2 is 1.92 bits per heavy atom. The second-order valence-electron chi connectivity index (χ2n) is 5.95. The van der Waals surface area contributed by atoms with E-state index in [2.05, 4.69) is 15.0 Å². The van der Waals surface area contributed by atoms with Crippen molar-refractivity contribution >= 4 is 17.2 Å². The number of aromatic nitrogens is 4. The van der Waals surface area contributed by atoms with E-state index in [4.69, 9.17) is 0 Å². The van der Waals surface area contributed by atoms with Gasteiger partial charge in [-0.2, -0.15) is 5.10 Å². The molecule has 128 valence electrons. The molecule has 8 nitrogen and oxygen atoms in total. The maximum Gasteiger partial charge on any atom is 0.291 e. The highest BCUT2D eigenvalue weighted by atomic mass is 16.2. The van der Waals surface area contributed by atoms with Gasteiger partial charge in [0.15, 0.2) is 0 Å². The number of fused-ring (bicyclic) bond motifs is 1. The molecule has 1 fully saturated rings. The predicted octanol–water partition coefficient (Wildman–Crippen LogP) is 0.240. The lowest BCUT2D eigenvalue weighted by molar-refractivity contribution is -0.132. The fourth-order valence-corrected chi connectivity index (χ4v) is 3.04. The molecule has 1 aliphatic rings. The zero-order valence-corrected chi connectivity index (χ0v) is 13.7. The molecule has 0 N–H and O–H groups in total. The van der Waals surface area contributed by atoms with E-state index in [0.29, 0.717) is 18.6 Å². The van der Waals surface area contributed by atoms with Crippen LogP contribution >= 0.6 is 0 Å². The van der Waals surface area contributed by atoms with Gasteiger partial charge < -0.3 is 14.2 Å². The summed E-state index contributed by atoms with van der Waals surface area (Å²) in [6.07, 6.45) is 5.07. The van der Waals surface area contributed by atoms with Gasteiger partial charge in [0.05, 0.1) is 0 Å². The predicted molar refractivity (Wildman–Crippen MR) is 92.5 cm³/mol. The summed E-state index contributed by atoms with van der Waals surface area (Å²) in [7, 11) is 0. The fourth-order valence-electron chi connectivity index (χ4n) is 3.04. The van der Waals surface area contributed by atoms with Crippen molar-refractivity contribution in [3.05, 3.63) is 59.4 Å². The summed E-state index contributed by atoms with van der Waals surface area (Å²) in [6.45, 7) is 2.63. The Morgan fingerprint density at radius 1 is 1.08 bits per heavy atom.